The maximum Gasteiger partial charge on any atom is 0.261 e. The van der Waals surface area contributed by atoms with Crippen molar-refractivity contribution < 1.29 is 13.5 Å². The van der Waals surface area contributed by atoms with Gasteiger partial charge in [-0.3, -0.25) is 4.72 Å². The number of hydrogen-bond acceptors (Lipinski definition) is 3. The Morgan fingerprint density at radius 1 is 1.10 bits per heavy atom. The van der Waals surface area contributed by atoms with Gasteiger partial charge in [-0.05, 0) is 42.8 Å². The average molecular weight is 346 g/mol. The van der Waals surface area contributed by atoms with E-state index in [0.29, 0.717) is 10.6 Å². The highest BCUT2D eigenvalue weighted by atomic mass is 35.5. The van der Waals surface area contributed by atoms with Crippen molar-refractivity contribution in [1.82, 2.24) is 0 Å². The number of sulfonamides is 1. The predicted octanol–water partition coefficient (Wildman–Crippen LogP) is 3.85. The van der Waals surface area contributed by atoms with Gasteiger partial charge in [0.15, 0.2) is 0 Å². The molecule has 1 atom stereocenters. The Labute approximate surface area is 133 Å². The second-order valence-corrected chi connectivity index (χ2v) is 7.00. The summed E-state index contributed by atoms with van der Waals surface area (Å²) in [6, 6.07) is 10.5. The zero-order valence-electron chi connectivity index (χ0n) is 11.0. The molecule has 0 aliphatic rings. The molecule has 112 valence electrons. The minimum absolute atomic E-state index is 0.0814. The lowest BCUT2D eigenvalue weighted by molar-refractivity contribution is 0.199. The fourth-order valence-corrected chi connectivity index (χ4v) is 3.29. The van der Waals surface area contributed by atoms with Gasteiger partial charge < -0.3 is 5.11 Å². The zero-order chi connectivity index (χ0) is 15.6. The molecular weight excluding hydrogens is 333 g/mol. The Morgan fingerprint density at radius 3 is 2.24 bits per heavy atom. The van der Waals surface area contributed by atoms with Crippen LogP contribution in [0.5, 0.6) is 0 Å². The number of halogens is 2. The molecule has 2 aromatic carbocycles. The largest absolute Gasteiger partial charge is 0.389 e. The first-order chi connectivity index (χ1) is 9.79. The molecule has 0 aliphatic carbocycles. The fourth-order valence-electron chi connectivity index (χ4n) is 1.70. The molecule has 2 N–H and O–H groups in total. The van der Waals surface area contributed by atoms with Crippen LogP contribution in [0.25, 0.3) is 0 Å². The molecule has 1 unspecified atom stereocenters. The van der Waals surface area contributed by atoms with Crippen LogP contribution in [0.3, 0.4) is 0 Å². The SMILES string of the molecule is CC(O)c1ccc(S(=O)(=O)Nc2ccc(Cl)cc2Cl)cc1. The van der Waals surface area contributed by atoms with Gasteiger partial charge in [-0.1, -0.05) is 35.3 Å². The van der Waals surface area contributed by atoms with E-state index in [-0.39, 0.29) is 15.6 Å². The number of hydrogen-bond donors (Lipinski definition) is 2. The van der Waals surface area contributed by atoms with Gasteiger partial charge in [-0.2, -0.15) is 0 Å². The summed E-state index contributed by atoms with van der Waals surface area (Å²) < 4.78 is 26.9. The van der Waals surface area contributed by atoms with Crippen molar-refractivity contribution in [3.05, 3.63) is 58.1 Å². The van der Waals surface area contributed by atoms with E-state index in [1.54, 1.807) is 25.1 Å². The van der Waals surface area contributed by atoms with Gasteiger partial charge in [0, 0.05) is 5.02 Å². The lowest BCUT2D eigenvalue weighted by Gasteiger charge is -2.11. The second kappa shape index (κ2) is 6.23. The van der Waals surface area contributed by atoms with E-state index in [0.717, 1.165) is 0 Å². The fraction of sp³-hybridized carbons (Fsp3) is 0.143. The Morgan fingerprint density at radius 2 is 1.71 bits per heavy atom. The first kappa shape index (κ1) is 16.1. The summed E-state index contributed by atoms with van der Waals surface area (Å²) in [7, 11) is -3.75. The maximum atomic E-state index is 12.3. The molecule has 0 saturated heterocycles. The molecule has 7 heteroatoms. The smallest absolute Gasteiger partial charge is 0.261 e. The van der Waals surface area contributed by atoms with Crippen LogP contribution in [0.2, 0.25) is 10.0 Å². The molecule has 0 fully saturated rings. The minimum atomic E-state index is -3.75. The van der Waals surface area contributed by atoms with E-state index in [1.165, 1.54) is 24.3 Å². The van der Waals surface area contributed by atoms with Crippen LogP contribution in [-0.2, 0) is 10.0 Å². The highest BCUT2D eigenvalue weighted by Crippen LogP contribution is 2.27. The van der Waals surface area contributed by atoms with Crippen molar-refractivity contribution >= 4 is 38.9 Å². The van der Waals surface area contributed by atoms with E-state index in [2.05, 4.69) is 4.72 Å². The molecule has 0 heterocycles. The first-order valence-corrected chi connectivity index (χ1v) is 8.29. The minimum Gasteiger partial charge on any atom is -0.389 e. The van der Waals surface area contributed by atoms with E-state index in [4.69, 9.17) is 23.2 Å². The predicted molar refractivity (Wildman–Crippen MR) is 84.3 cm³/mol. The van der Waals surface area contributed by atoms with Gasteiger partial charge in [0.1, 0.15) is 0 Å². The molecule has 21 heavy (non-hydrogen) atoms. The Hall–Kier alpha value is -1.27. The van der Waals surface area contributed by atoms with E-state index >= 15 is 0 Å². The van der Waals surface area contributed by atoms with E-state index in [1.807, 2.05) is 0 Å². The van der Waals surface area contributed by atoms with Crippen LogP contribution < -0.4 is 4.72 Å². The van der Waals surface area contributed by atoms with Gasteiger partial charge in [-0.25, -0.2) is 8.42 Å². The van der Waals surface area contributed by atoms with Crippen LogP contribution in [-0.4, -0.2) is 13.5 Å². The molecule has 0 bridgehead atoms. The lowest BCUT2D eigenvalue weighted by Crippen LogP contribution is -2.13. The van der Waals surface area contributed by atoms with Crippen LogP contribution >= 0.6 is 23.2 Å². The monoisotopic (exact) mass is 345 g/mol. The normalized spacial score (nSPS) is 13.0. The summed E-state index contributed by atoms with van der Waals surface area (Å²) in [5.41, 5.74) is 0.888. The van der Waals surface area contributed by atoms with E-state index < -0.39 is 16.1 Å². The Bertz CT molecular complexity index is 743. The van der Waals surface area contributed by atoms with E-state index in [9.17, 15) is 13.5 Å². The number of aliphatic hydroxyl groups excluding tert-OH is 1. The second-order valence-electron chi connectivity index (χ2n) is 4.47. The van der Waals surface area contributed by atoms with Crippen molar-refractivity contribution in [3.8, 4) is 0 Å². The number of anilines is 1. The lowest BCUT2D eigenvalue weighted by atomic mass is 10.1. The summed E-state index contributed by atoms with van der Waals surface area (Å²) in [5, 5.41) is 10.1. The highest BCUT2D eigenvalue weighted by Gasteiger charge is 2.16. The van der Waals surface area contributed by atoms with Crippen molar-refractivity contribution in [2.75, 3.05) is 4.72 Å². The van der Waals surface area contributed by atoms with Crippen LogP contribution in [0.1, 0.15) is 18.6 Å². The van der Waals surface area contributed by atoms with Gasteiger partial charge in [0.25, 0.3) is 10.0 Å². The molecule has 2 rings (SSSR count). The molecule has 0 aromatic heterocycles. The third-order valence-electron chi connectivity index (χ3n) is 2.85. The van der Waals surface area contributed by atoms with Gasteiger partial charge in [0.05, 0.1) is 21.7 Å². The zero-order valence-corrected chi connectivity index (χ0v) is 13.4. The molecule has 0 saturated carbocycles. The maximum absolute atomic E-state index is 12.3. The molecule has 0 amide bonds. The third-order valence-corrected chi connectivity index (χ3v) is 4.78. The molecule has 0 aliphatic heterocycles. The molecule has 4 nitrogen and oxygen atoms in total. The third kappa shape index (κ3) is 3.89. The average Bonchev–Trinajstić information content (AvgIpc) is 2.42. The summed E-state index contributed by atoms with van der Waals surface area (Å²) in [4.78, 5) is 0.0814. The van der Waals surface area contributed by atoms with Gasteiger partial charge in [-0.15, -0.1) is 0 Å². The standard InChI is InChI=1S/C14H13Cl2NO3S/c1-9(18)10-2-5-12(6-3-10)21(19,20)17-14-7-4-11(15)8-13(14)16/h2-9,17-18H,1H3. The summed E-state index contributed by atoms with van der Waals surface area (Å²) in [5.74, 6) is 0. The van der Waals surface area contributed by atoms with Crippen LogP contribution in [0.15, 0.2) is 47.4 Å². The van der Waals surface area contributed by atoms with Crippen LogP contribution in [0, 0.1) is 0 Å². The summed E-state index contributed by atoms with van der Waals surface area (Å²) >= 11 is 11.7. The molecular formula is C14H13Cl2NO3S. The number of rotatable bonds is 4. The number of nitrogens with one attached hydrogen (secondary N) is 1. The number of benzene rings is 2. The topological polar surface area (TPSA) is 66.4 Å². The van der Waals surface area contributed by atoms with Crippen molar-refractivity contribution in [1.29, 1.82) is 0 Å². The molecule has 0 radical (unpaired) electrons. The molecule has 2 aromatic rings. The molecule has 0 spiro atoms. The Balaban J connectivity index is 2.29. The Kier molecular flexibility index (Phi) is 4.78. The number of aliphatic hydroxyl groups is 1. The van der Waals surface area contributed by atoms with Crippen molar-refractivity contribution in [2.45, 2.75) is 17.9 Å². The van der Waals surface area contributed by atoms with Crippen molar-refractivity contribution in [2.24, 2.45) is 0 Å². The quantitative estimate of drug-likeness (QED) is 0.884. The first-order valence-electron chi connectivity index (χ1n) is 6.05. The summed E-state index contributed by atoms with van der Waals surface area (Å²) in [6.45, 7) is 1.61. The van der Waals surface area contributed by atoms with Gasteiger partial charge >= 0.3 is 0 Å². The van der Waals surface area contributed by atoms with Crippen LogP contribution in [0.4, 0.5) is 5.69 Å². The van der Waals surface area contributed by atoms with Gasteiger partial charge in [0.2, 0.25) is 0 Å². The highest BCUT2D eigenvalue weighted by molar-refractivity contribution is 7.92. The van der Waals surface area contributed by atoms with Crippen molar-refractivity contribution in [3.63, 3.8) is 0 Å². The summed E-state index contributed by atoms with van der Waals surface area (Å²) in [6.07, 6.45) is -0.652.